The molecule has 1 aromatic carbocycles. The average Bonchev–Trinajstić information content (AvgIpc) is 2.63. The summed E-state index contributed by atoms with van der Waals surface area (Å²) in [6, 6.07) is 3.39. The zero-order valence-corrected chi connectivity index (χ0v) is 12.0. The fourth-order valence-electron chi connectivity index (χ4n) is 2.79. The third kappa shape index (κ3) is 4.47. The van der Waals surface area contributed by atoms with Gasteiger partial charge in [-0.1, -0.05) is 25.7 Å². The van der Waals surface area contributed by atoms with Gasteiger partial charge in [-0.05, 0) is 25.0 Å². The number of nitrogens with two attached hydrogens (primary N) is 1. The molecule has 0 atom stereocenters. The van der Waals surface area contributed by atoms with Crippen molar-refractivity contribution in [1.29, 1.82) is 0 Å². The van der Waals surface area contributed by atoms with Gasteiger partial charge >= 0.3 is 0 Å². The van der Waals surface area contributed by atoms with E-state index in [2.05, 4.69) is 0 Å². The Kier molecular flexibility index (Phi) is 5.25. The van der Waals surface area contributed by atoms with Crippen LogP contribution in [0, 0.1) is 15.9 Å². The molecular formula is C15H21FN2O3. The van der Waals surface area contributed by atoms with Gasteiger partial charge in [0.2, 0.25) is 0 Å². The van der Waals surface area contributed by atoms with E-state index in [0.717, 1.165) is 43.9 Å². The number of nitro groups is 1. The first-order valence-electron chi connectivity index (χ1n) is 7.30. The predicted molar refractivity (Wildman–Crippen MR) is 77.3 cm³/mol. The molecule has 21 heavy (non-hydrogen) atoms. The van der Waals surface area contributed by atoms with Gasteiger partial charge in [-0.15, -0.1) is 0 Å². The van der Waals surface area contributed by atoms with Gasteiger partial charge in [0, 0.05) is 11.6 Å². The third-order valence-corrected chi connectivity index (χ3v) is 3.98. The summed E-state index contributed by atoms with van der Waals surface area (Å²) in [4.78, 5) is 10.4. The number of halogens is 1. The first-order valence-corrected chi connectivity index (χ1v) is 7.30. The zero-order chi connectivity index (χ0) is 15.3. The topological polar surface area (TPSA) is 78.4 Å². The molecule has 0 aromatic heterocycles. The lowest BCUT2D eigenvalue weighted by atomic mass is 9.92. The summed E-state index contributed by atoms with van der Waals surface area (Å²) < 4.78 is 18.8. The lowest BCUT2D eigenvalue weighted by Crippen LogP contribution is -2.43. The molecule has 0 saturated heterocycles. The van der Waals surface area contributed by atoms with E-state index >= 15 is 0 Å². The molecule has 0 radical (unpaired) electrons. The second kappa shape index (κ2) is 6.95. The first-order chi connectivity index (χ1) is 10.0. The van der Waals surface area contributed by atoms with Crippen LogP contribution in [0.3, 0.4) is 0 Å². The quantitative estimate of drug-likeness (QED) is 0.513. The largest absolute Gasteiger partial charge is 0.375 e. The van der Waals surface area contributed by atoms with E-state index in [1.54, 1.807) is 0 Å². The molecule has 2 N–H and O–H groups in total. The highest BCUT2D eigenvalue weighted by atomic mass is 19.1. The van der Waals surface area contributed by atoms with Gasteiger partial charge in [-0.2, -0.15) is 0 Å². The number of rotatable bonds is 5. The van der Waals surface area contributed by atoms with Crippen molar-refractivity contribution in [2.45, 2.75) is 50.7 Å². The van der Waals surface area contributed by atoms with E-state index in [4.69, 9.17) is 10.5 Å². The van der Waals surface area contributed by atoms with Crippen molar-refractivity contribution in [3.05, 3.63) is 39.7 Å². The zero-order valence-electron chi connectivity index (χ0n) is 12.0. The maximum Gasteiger partial charge on any atom is 0.275 e. The van der Waals surface area contributed by atoms with E-state index in [0.29, 0.717) is 6.61 Å². The van der Waals surface area contributed by atoms with Gasteiger partial charge < -0.3 is 10.5 Å². The van der Waals surface area contributed by atoms with E-state index in [9.17, 15) is 14.5 Å². The summed E-state index contributed by atoms with van der Waals surface area (Å²) in [6.07, 6.45) is 6.35. The third-order valence-electron chi connectivity index (χ3n) is 3.98. The van der Waals surface area contributed by atoms with Crippen LogP contribution in [0.5, 0.6) is 0 Å². The van der Waals surface area contributed by atoms with Crippen LogP contribution in [0.4, 0.5) is 10.1 Å². The monoisotopic (exact) mass is 296 g/mol. The van der Waals surface area contributed by atoms with E-state index < -0.39 is 10.7 Å². The van der Waals surface area contributed by atoms with Crippen molar-refractivity contribution in [3.63, 3.8) is 0 Å². The summed E-state index contributed by atoms with van der Waals surface area (Å²) in [6.45, 7) is 0.355. The Morgan fingerprint density at radius 1 is 1.29 bits per heavy atom. The van der Waals surface area contributed by atoms with Gasteiger partial charge in [-0.3, -0.25) is 10.1 Å². The maximum atomic E-state index is 13.2. The van der Waals surface area contributed by atoms with Crippen LogP contribution in [0.25, 0.3) is 0 Å². The molecule has 1 aliphatic rings. The minimum Gasteiger partial charge on any atom is -0.375 e. The molecule has 5 nitrogen and oxygen atoms in total. The van der Waals surface area contributed by atoms with E-state index in [1.165, 1.54) is 12.8 Å². The van der Waals surface area contributed by atoms with Crippen LogP contribution < -0.4 is 5.73 Å². The number of hydrogen-bond donors (Lipinski definition) is 1. The molecule has 0 spiro atoms. The fraction of sp³-hybridized carbons (Fsp3) is 0.600. The highest BCUT2D eigenvalue weighted by Gasteiger charge is 2.26. The normalized spacial score (nSPS) is 18.2. The Hall–Kier alpha value is -1.53. The summed E-state index contributed by atoms with van der Waals surface area (Å²) >= 11 is 0. The fourth-order valence-corrected chi connectivity index (χ4v) is 2.79. The summed E-state index contributed by atoms with van der Waals surface area (Å²) in [7, 11) is 0. The summed E-state index contributed by atoms with van der Waals surface area (Å²) in [5.74, 6) is -0.504. The van der Waals surface area contributed by atoms with Crippen LogP contribution >= 0.6 is 0 Å². The number of nitrogens with zero attached hydrogens (tertiary/aromatic N) is 1. The second-order valence-corrected chi connectivity index (χ2v) is 5.80. The standard InChI is InChI=1S/C15H21FN2O3/c16-13-5-6-14(18(19)20)12(9-13)10-21-11-15(17)7-3-1-2-4-8-15/h5-6,9H,1-4,7-8,10-11,17H2. The van der Waals surface area contributed by atoms with Crippen molar-refractivity contribution >= 4 is 5.69 Å². The molecular weight excluding hydrogens is 275 g/mol. The van der Waals surface area contributed by atoms with Crippen molar-refractivity contribution in [2.75, 3.05) is 6.61 Å². The van der Waals surface area contributed by atoms with Crippen LogP contribution in [-0.2, 0) is 11.3 Å². The number of nitro benzene ring substituents is 1. The lowest BCUT2D eigenvalue weighted by molar-refractivity contribution is -0.386. The molecule has 0 bridgehead atoms. The molecule has 1 fully saturated rings. The van der Waals surface area contributed by atoms with Gasteiger partial charge in [0.05, 0.1) is 23.7 Å². The molecule has 1 aliphatic carbocycles. The molecule has 1 saturated carbocycles. The van der Waals surface area contributed by atoms with Gasteiger partial charge in [-0.25, -0.2) is 4.39 Å². The minimum atomic E-state index is -0.526. The van der Waals surface area contributed by atoms with E-state index in [1.807, 2.05) is 0 Å². The van der Waals surface area contributed by atoms with Crippen LogP contribution in [0.2, 0.25) is 0 Å². The van der Waals surface area contributed by atoms with Crippen molar-refractivity contribution < 1.29 is 14.1 Å². The second-order valence-electron chi connectivity index (χ2n) is 5.80. The van der Waals surface area contributed by atoms with E-state index in [-0.39, 0.29) is 23.4 Å². The Labute approximate surface area is 123 Å². The molecule has 0 amide bonds. The highest BCUT2D eigenvalue weighted by molar-refractivity contribution is 5.39. The Morgan fingerprint density at radius 2 is 1.95 bits per heavy atom. The van der Waals surface area contributed by atoms with Crippen molar-refractivity contribution in [3.8, 4) is 0 Å². The van der Waals surface area contributed by atoms with Gasteiger partial charge in [0.15, 0.2) is 0 Å². The molecule has 1 aromatic rings. The molecule has 2 rings (SSSR count). The summed E-state index contributed by atoms with van der Waals surface area (Å²) in [5, 5.41) is 10.9. The van der Waals surface area contributed by atoms with Gasteiger partial charge in [0.1, 0.15) is 5.82 Å². The molecule has 0 heterocycles. The predicted octanol–water partition coefficient (Wildman–Crippen LogP) is 3.30. The number of benzene rings is 1. The Balaban J connectivity index is 1.96. The van der Waals surface area contributed by atoms with Gasteiger partial charge in [0.25, 0.3) is 5.69 Å². The smallest absolute Gasteiger partial charge is 0.275 e. The molecule has 0 aliphatic heterocycles. The molecule has 116 valence electrons. The number of hydrogen-bond acceptors (Lipinski definition) is 4. The average molecular weight is 296 g/mol. The Morgan fingerprint density at radius 3 is 2.57 bits per heavy atom. The minimum absolute atomic E-state index is 0.00697. The molecule has 0 unspecified atom stereocenters. The van der Waals surface area contributed by atoms with Crippen LogP contribution in [0.15, 0.2) is 18.2 Å². The number of ether oxygens (including phenoxy) is 1. The van der Waals surface area contributed by atoms with Crippen LogP contribution in [-0.4, -0.2) is 17.1 Å². The SMILES string of the molecule is NC1(COCc2cc(F)ccc2[N+](=O)[O-])CCCCCC1. The lowest BCUT2D eigenvalue weighted by Gasteiger charge is -2.27. The molecule has 6 heteroatoms. The van der Waals surface area contributed by atoms with Crippen molar-refractivity contribution in [1.82, 2.24) is 0 Å². The van der Waals surface area contributed by atoms with Crippen molar-refractivity contribution in [2.24, 2.45) is 5.73 Å². The van der Waals surface area contributed by atoms with Crippen LogP contribution in [0.1, 0.15) is 44.1 Å². The Bertz CT molecular complexity index is 500. The summed E-state index contributed by atoms with van der Waals surface area (Å²) in [5.41, 5.74) is 6.08. The highest BCUT2D eigenvalue weighted by Crippen LogP contribution is 2.26. The first kappa shape index (κ1) is 15.9. The maximum absolute atomic E-state index is 13.2.